The van der Waals surface area contributed by atoms with Gasteiger partial charge >= 0.3 is 5.97 Å². The van der Waals surface area contributed by atoms with E-state index in [9.17, 15) is 24.3 Å². The number of aliphatic carboxylic acids is 1. The van der Waals surface area contributed by atoms with Gasteiger partial charge in [-0.05, 0) is 32.1 Å². The molecule has 0 saturated heterocycles. The maximum absolute atomic E-state index is 12.9. The number of carbonyl (C=O) groups excluding carboxylic acids is 3. The lowest BCUT2D eigenvalue weighted by atomic mass is 10.0. The molecule has 33 heavy (non-hydrogen) atoms. The molecular formula is C19H37N7O7. The molecule has 3 amide bonds. The van der Waals surface area contributed by atoms with Gasteiger partial charge in [0.05, 0.1) is 12.7 Å². The molecule has 0 aliphatic rings. The molecule has 0 fully saturated rings. The first kappa shape index (κ1) is 30.0. The van der Waals surface area contributed by atoms with Crippen LogP contribution in [0, 0.1) is 5.92 Å². The molecule has 0 aromatic rings. The predicted molar refractivity (Wildman–Crippen MR) is 120 cm³/mol. The highest BCUT2D eigenvalue weighted by atomic mass is 16.4. The number of guanidine groups is 1. The molecule has 0 bridgehead atoms. The van der Waals surface area contributed by atoms with Gasteiger partial charge < -0.3 is 48.5 Å². The molecule has 14 heteroatoms. The molecule has 0 spiro atoms. The molecular weight excluding hydrogens is 438 g/mol. The summed E-state index contributed by atoms with van der Waals surface area (Å²) < 4.78 is 0. The molecule has 0 saturated carbocycles. The summed E-state index contributed by atoms with van der Waals surface area (Å²) in [6.45, 7) is 4.27. The van der Waals surface area contributed by atoms with Gasteiger partial charge in [-0.25, -0.2) is 4.79 Å². The Morgan fingerprint density at radius 2 is 1.42 bits per heavy atom. The van der Waals surface area contributed by atoms with Crippen LogP contribution >= 0.6 is 0 Å². The lowest BCUT2D eigenvalue weighted by Gasteiger charge is -2.26. The summed E-state index contributed by atoms with van der Waals surface area (Å²) in [5, 5.41) is 34.8. The van der Waals surface area contributed by atoms with E-state index >= 15 is 0 Å². The van der Waals surface area contributed by atoms with Crippen molar-refractivity contribution in [3.8, 4) is 0 Å². The Bertz CT molecular complexity index is 696. The summed E-state index contributed by atoms with van der Waals surface area (Å²) in [6.07, 6.45) is -0.628. The highest BCUT2D eigenvalue weighted by Gasteiger charge is 2.31. The van der Waals surface area contributed by atoms with Gasteiger partial charge in [-0.3, -0.25) is 19.4 Å². The van der Waals surface area contributed by atoms with E-state index < -0.39 is 60.6 Å². The van der Waals surface area contributed by atoms with E-state index in [1.165, 1.54) is 6.92 Å². The van der Waals surface area contributed by atoms with Crippen LogP contribution in [-0.2, 0) is 19.2 Å². The fraction of sp³-hybridized carbons (Fsp3) is 0.737. The molecule has 5 unspecified atom stereocenters. The van der Waals surface area contributed by atoms with E-state index in [0.717, 1.165) is 0 Å². The highest BCUT2D eigenvalue weighted by molar-refractivity contribution is 5.94. The largest absolute Gasteiger partial charge is 0.480 e. The first-order valence-electron chi connectivity index (χ1n) is 10.5. The van der Waals surface area contributed by atoms with Crippen molar-refractivity contribution in [2.24, 2.45) is 28.1 Å². The topological polar surface area (TPSA) is 255 Å². The average Bonchev–Trinajstić information content (AvgIpc) is 2.71. The third-order valence-corrected chi connectivity index (χ3v) is 4.54. The summed E-state index contributed by atoms with van der Waals surface area (Å²) in [5.74, 6) is -3.92. The monoisotopic (exact) mass is 475 g/mol. The normalized spacial score (nSPS) is 15.5. The van der Waals surface area contributed by atoms with Crippen LogP contribution in [0.5, 0.6) is 0 Å². The molecule has 0 radical (unpaired) electrons. The van der Waals surface area contributed by atoms with Crippen LogP contribution < -0.4 is 33.2 Å². The van der Waals surface area contributed by atoms with Gasteiger partial charge in [-0.15, -0.1) is 0 Å². The number of aliphatic hydroxyl groups is 2. The second-order valence-electron chi connectivity index (χ2n) is 8.05. The second-order valence-corrected chi connectivity index (χ2v) is 8.05. The van der Waals surface area contributed by atoms with Crippen LogP contribution in [0.1, 0.15) is 40.0 Å². The number of hydrogen-bond donors (Lipinski definition) is 9. The third-order valence-electron chi connectivity index (χ3n) is 4.54. The van der Waals surface area contributed by atoms with E-state index in [4.69, 9.17) is 27.4 Å². The van der Waals surface area contributed by atoms with Crippen LogP contribution in [0.3, 0.4) is 0 Å². The Hall–Kier alpha value is -2.97. The molecule has 14 nitrogen and oxygen atoms in total. The molecule has 190 valence electrons. The van der Waals surface area contributed by atoms with Gasteiger partial charge in [0.15, 0.2) is 5.96 Å². The summed E-state index contributed by atoms with van der Waals surface area (Å²) in [5.41, 5.74) is 16.1. The van der Waals surface area contributed by atoms with Gasteiger partial charge in [0.25, 0.3) is 0 Å². The number of nitrogens with one attached hydrogen (secondary N) is 3. The highest BCUT2D eigenvalue weighted by Crippen LogP contribution is 2.08. The molecule has 12 N–H and O–H groups in total. The number of aliphatic hydroxyl groups excluding tert-OH is 2. The minimum Gasteiger partial charge on any atom is -0.480 e. The summed E-state index contributed by atoms with van der Waals surface area (Å²) in [6, 6.07) is -5.09. The Morgan fingerprint density at radius 1 is 0.909 bits per heavy atom. The fourth-order valence-corrected chi connectivity index (χ4v) is 2.69. The number of carboxylic acids is 1. The van der Waals surface area contributed by atoms with Crippen molar-refractivity contribution in [2.45, 2.75) is 70.3 Å². The van der Waals surface area contributed by atoms with E-state index in [0.29, 0.717) is 0 Å². The van der Waals surface area contributed by atoms with Crippen molar-refractivity contribution >= 4 is 29.7 Å². The number of rotatable bonds is 15. The number of carbonyl (C=O) groups is 4. The molecule has 5 atom stereocenters. The lowest BCUT2D eigenvalue weighted by Crippen LogP contribution is -2.58. The van der Waals surface area contributed by atoms with Crippen LogP contribution in [0.15, 0.2) is 4.99 Å². The maximum atomic E-state index is 12.9. The number of nitrogens with two attached hydrogens (primary N) is 3. The quantitative estimate of drug-likeness (QED) is 0.0636. The molecule has 0 rings (SSSR count). The Morgan fingerprint density at radius 3 is 1.88 bits per heavy atom. The van der Waals surface area contributed by atoms with Crippen molar-refractivity contribution in [3.05, 3.63) is 0 Å². The summed E-state index contributed by atoms with van der Waals surface area (Å²) >= 11 is 0. The number of carboxylic acid groups (broad SMARTS) is 1. The Kier molecular flexibility index (Phi) is 13.6. The maximum Gasteiger partial charge on any atom is 0.328 e. The molecule has 0 aliphatic carbocycles. The van der Waals surface area contributed by atoms with Crippen LogP contribution in [0.25, 0.3) is 0 Å². The van der Waals surface area contributed by atoms with E-state index in [1.54, 1.807) is 0 Å². The summed E-state index contributed by atoms with van der Waals surface area (Å²) in [4.78, 5) is 52.7. The Balaban J connectivity index is 5.53. The average molecular weight is 476 g/mol. The minimum absolute atomic E-state index is 0.0243. The smallest absolute Gasteiger partial charge is 0.328 e. The zero-order valence-corrected chi connectivity index (χ0v) is 19.2. The summed E-state index contributed by atoms with van der Waals surface area (Å²) in [7, 11) is 0. The van der Waals surface area contributed by atoms with Crippen molar-refractivity contribution < 1.29 is 34.5 Å². The van der Waals surface area contributed by atoms with Gasteiger partial charge in [-0.2, -0.15) is 0 Å². The standard InChI is InChI=1S/C19H37N7O7/c1-9(2)7-12(25-17(31)14(20)10(3)28)16(30)24-11(5-4-6-23-19(21)22)15(29)26-13(8-27)18(32)33/h9-14,27-28H,4-8,20H2,1-3H3,(H,24,30)(H,25,31)(H,26,29)(H,32,33)(H4,21,22,23). The number of amides is 3. The van der Waals surface area contributed by atoms with Gasteiger partial charge in [0.2, 0.25) is 17.7 Å². The number of hydrogen-bond acceptors (Lipinski definition) is 8. The van der Waals surface area contributed by atoms with Crippen molar-refractivity contribution in [1.29, 1.82) is 0 Å². The first-order chi connectivity index (χ1) is 15.3. The number of aliphatic imine (C=N–C) groups is 1. The zero-order valence-electron chi connectivity index (χ0n) is 19.2. The Labute approximate surface area is 192 Å². The molecule has 0 aliphatic heterocycles. The third kappa shape index (κ3) is 12.0. The lowest BCUT2D eigenvalue weighted by molar-refractivity contribution is -0.143. The van der Waals surface area contributed by atoms with E-state index in [1.807, 2.05) is 13.8 Å². The molecule has 0 heterocycles. The van der Waals surface area contributed by atoms with Crippen molar-refractivity contribution in [3.63, 3.8) is 0 Å². The van der Waals surface area contributed by atoms with Crippen molar-refractivity contribution in [2.75, 3.05) is 13.2 Å². The first-order valence-corrected chi connectivity index (χ1v) is 10.5. The van der Waals surface area contributed by atoms with Gasteiger partial charge in [0, 0.05) is 6.54 Å². The van der Waals surface area contributed by atoms with Crippen LogP contribution in [0.4, 0.5) is 0 Å². The zero-order chi connectivity index (χ0) is 25.7. The van der Waals surface area contributed by atoms with Crippen LogP contribution in [-0.4, -0.2) is 88.4 Å². The van der Waals surface area contributed by atoms with E-state index in [2.05, 4.69) is 20.9 Å². The van der Waals surface area contributed by atoms with Crippen LogP contribution in [0.2, 0.25) is 0 Å². The SMILES string of the molecule is CC(C)CC(NC(=O)C(N)C(C)O)C(=O)NC(CCCN=C(N)N)C(=O)NC(CO)C(=O)O. The minimum atomic E-state index is -1.56. The predicted octanol–water partition coefficient (Wildman–Crippen LogP) is -3.67. The number of nitrogens with zero attached hydrogens (tertiary/aromatic N) is 1. The van der Waals surface area contributed by atoms with Gasteiger partial charge in [0.1, 0.15) is 24.2 Å². The fourth-order valence-electron chi connectivity index (χ4n) is 2.69. The van der Waals surface area contributed by atoms with Crippen molar-refractivity contribution in [1.82, 2.24) is 16.0 Å². The molecule has 0 aromatic heterocycles. The molecule has 0 aromatic carbocycles. The second kappa shape index (κ2) is 15.0. The van der Waals surface area contributed by atoms with Gasteiger partial charge in [-0.1, -0.05) is 13.8 Å². The van der Waals surface area contributed by atoms with E-state index in [-0.39, 0.29) is 37.7 Å².